The number of hydrogen-bond donors (Lipinski definition) is 1. The monoisotopic (exact) mass is 312 g/mol. The quantitative estimate of drug-likeness (QED) is 0.405. The number of allylic oxidation sites excluding steroid dienone is 2. The Morgan fingerprint density at radius 1 is 0.826 bits per heavy atom. The molecule has 0 atom stereocenters. The zero-order valence-corrected chi connectivity index (χ0v) is 14.6. The summed E-state index contributed by atoms with van der Waals surface area (Å²) in [6.07, 6.45) is 19.5. The van der Waals surface area contributed by atoms with Crippen LogP contribution in [0.25, 0.3) is 0 Å². The predicted octanol–water partition coefficient (Wildman–Crippen LogP) is 6.16. The summed E-state index contributed by atoms with van der Waals surface area (Å²) in [6.45, 7) is 2.26. The molecule has 0 fully saturated rings. The first-order valence-corrected chi connectivity index (χ1v) is 9.39. The summed E-state index contributed by atoms with van der Waals surface area (Å²) < 4.78 is 0. The molecule has 0 spiro atoms. The number of hydrogen-bond acceptors (Lipinski definition) is 1. The number of aliphatic hydroxyl groups is 1. The van der Waals surface area contributed by atoms with Crippen LogP contribution in [-0.2, 0) is 0 Å². The number of rotatable bonds is 10. The first kappa shape index (κ1) is 18.0. The Hall–Kier alpha value is -1.34. The molecule has 2 rings (SSSR count). The van der Waals surface area contributed by atoms with Crippen molar-refractivity contribution in [3.05, 3.63) is 60.2 Å². The largest absolute Gasteiger partial charge is 0.382 e. The van der Waals surface area contributed by atoms with Crippen LogP contribution in [0, 0.1) is 0 Å². The minimum atomic E-state index is -0.729. The maximum Gasteiger partial charge on any atom is 0.101 e. The smallest absolute Gasteiger partial charge is 0.101 e. The van der Waals surface area contributed by atoms with E-state index in [2.05, 4.69) is 43.3 Å². The van der Waals surface area contributed by atoms with E-state index >= 15 is 0 Å². The molecule has 126 valence electrons. The maximum atomic E-state index is 10.6. The van der Waals surface area contributed by atoms with E-state index in [1.165, 1.54) is 50.5 Å². The zero-order chi connectivity index (χ0) is 16.4. The molecular formula is C22H32O. The van der Waals surface area contributed by atoms with E-state index in [0.29, 0.717) is 5.92 Å². The Morgan fingerprint density at radius 2 is 1.39 bits per heavy atom. The summed E-state index contributed by atoms with van der Waals surface area (Å²) in [5.41, 5.74) is 0.558. The molecule has 1 heteroatoms. The van der Waals surface area contributed by atoms with Crippen LogP contribution in [-0.4, -0.2) is 10.7 Å². The van der Waals surface area contributed by atoms with Crippen molar-refractivity contribution in [1.29, 1.82) is 0 Å². The summed E-state index contributed by atoms with van der Waals surface area (Å²) in [5.74, 6) is 0.301. The molecule has 23 heavy (non-hydrogen) atoms. The van der Waals surface area contributed by atoms with Gasteiger partial charge in [0.1, 0.15) is 5.60 Å². The van der Waals surface area contributed by atoms with Gasteiger partial charge in [-0.15, -0.1) is 0 Å². The minimum absolute atomic E-state index is 0.301. The van der Waals surface area contributed by atoms with Gasteiger partial charge in [-0.2, -0.15) is 0 Å². The third kappa shape index (κ3) is 6.35. The standard InChI is InChI=1S/C22H32O/c1-2-3-4-5-6-7-8-12-17-22(23)18-15-21(16-19-22)20-13-10-9-11-14-20/h9-11,13-16,18-19,21,23H,2-8,12,17H2,1H3. The first-order chi connectivity index (χ1) is 11.2. The van der Waals surface area contributed by atoms with Crippen molar-refractivity contribution in [1.82, 2.24) is 0 Å². The first-order valence-electron chi connectivity index (χ1n) is 9.39. The average Bonchev–Trinajstić information content (AvgIpc) is 2.59. The summed E-state index contributed by atoms with van der Waals surface area (Å²) in [7, 11) is 0. The second kappa shape index (κ2) is 9.72. The van der Waals surface area contributed by atoms with E-state index in [1.54, 1.807) is 0 Å². The highest BCUT2D eigenvalue weighted by atomic mass is 16.3. The van der Waals surface area contributed by atoms with Gasteiger partial charge in [0.05, 0.1) is 0 Å². The van der Waals surface area contributed by atoms with Gasteiger partial charge in [-0.25, -0.2) is 0 Å². The Labute approximate surface area is 142 Å². The molecule has 0 aliphatic heterocycles. The molecule has 0 saturated carbocycles. The lowest BCUT2D eigenvalue weighted by Gasteiger charge is -2.26. The van der Waals surface area contributed by atoms with Gasteiger partial charge < -0.3 is 5.11 Å². The van der Waals surface area contributed by atoms with E-state index in [9.17, 15) is 5.11 Å². The van der Waals surface area contributed by atoms with Crippen LogP contribution in [0.1, 0.15) is 76.2 Å². The molecule has 0 heterocycles. The second-order valence-electron chi connectivity index (χ2n) is 6.87. The molecule has 1 aliphatic rings. The Morgan fingerprint density at radius 3 is 2.00 bits per heavy atom. The summed E-state index contributed by atoms with van der Waals surface area (Å²) in [5, 5.41) is 10.6. The van der Waals surface area contributed by atoms with E-state index < -0.39 is 5.60 Å². The number of unbranched alkanes of at least 4 members (excludes halogenated alkanes) is 7. The summed E-state index contributed by atoms with van der Waals surface area (Å²) >= 11 is 0. The SMILES string of the molecule is CCCCCCCCCCC1(O)C=CC(c2ccccc2)C=C1. The zero-order valence-electron chi connectivity index (χ0n) is 14.6. The Kier molecular flexibility index (Phi) is 7.61. The highest BCUT2D eigenvalue weighted by Gasteiger charge is 2.23. The van der Waals surface area contributed by atoms with E-state index in [4.69, 9.17) is 0 Å². The third-order valence-corrected chi connectivity index (χ3v) is 4.80. The van der Waals surface area contributed by atoms with Crippen molar-refractivity contribution in [3.63, 3.8) is 0 Å². The van der Waals surface area contributed by atoms with Crippen LogP contribution in [0.4, 0.5) is 0 Å². The molecule has 0 aromatic heterocycles. The molecule has 1 N–H and O–H groups in total. The highest BCUT2D eigenvalue weighted by Crippen LogP contribution is 2.29. The highest BCUT2D eigenvalue weighted by molar-refractivity contribution is 5.34. The van der Waals surface area contributed by atoms with Gasteiger partial charge >= 0.3 is 0 Å². The van der Waals surface area contributed by atoms with Crippen molar-refractivity contribution in [2.45, 2.75) is 76.2 Å². The Bertz CT molecular complexity index is 472. The van der Waals surface area contributed by atoms with Gasteiger partial charge in [0, 0.05) is 5.92 Å². The van der Waals surface area contributed by atoms with Gasteiger partial charge in [-0.05, 0) is 18.4 Å². The molecular weight excluding hydrogens is 280 g/mol. The summed E-state index contributed by atoms with van der Waals surface area (Å²) in [4.78, 5) is 0. The van der Waals surface area contributed by atoms with Crippen molar-refractivity contribution in [2.75, 3.05) is 0 Å². The van der Waals surface area contributed by atoms with E-state index in [1.807, 2.05) is 18.2 Å². The van der Waals surface area contributed by atoms with Crippen molar-refractivity contribution < 1.29 is 5.11 Å². The molecule has 0 saturated heterocycles. The predicted molar refractivity (Wildman–Crippen MR) is 99.6 cm³/mol. The van der Waals surface area contributed by atoms with Crippen LogP contribution < -0.4 is 0 Å². The summed E-state index contributed by atoms with van der Waals surface area (Å²) in [6, 6.07) is 10.5. The van der Waals surface area contributed by atoms with E-state index in [0.717, 1.165) is 12.8 Å². The lowest BCUT2D eigenvalue weighted by Crippen LogP contribution is -2.25. The van der Waals surface area contributed by atoms with Crippen molar-refractivity contribution in [2.24, 2.45) is 0 Å². The van der Waals surface area contributed by atoms with Gasteiger partial charge in [-0.3, -0.25) is 0 Å². The van der Waals surface area contributed by atoms with Gasteiger partial charge in [0.15, 0.2) is 0 Å². The van der Waals surface area contributed by atoms with Gasteiger partial charge in [-0.1, -0.05) is 107 Å². The molecule has 1 aromatic rings. The molecule has 1 aliphatic carbocycles. The van der Waals surface area contributed by atoms with Crippen LogP contribution in [0.15, 0.2) is 54.6 Å². The maximum absolute atomic E-state index is 10.6. The minimum Gasteiger partial charge on any atom is -0.382 e. The van der Waals surface area contributed by atoms with E-state index in [-0.39, 0.29) is 0 Å². The molecule has 0 unspecified atom stereocenters. The topological polar surface area (TPSA) is 20.2 Å². The fraction of sp³-hybridized carbons (Fsp3) is 0.545. The third-order valence-electron chi connectivity index (χ3n) is 4.80. The fourth-order valence-corrected chi connectivity index (χ4v) is 3.27. The van der Waals surface area contributed by atoms with Gasteiger partial charge in [0.2, 0.25) is 0 Å². The fourth-order valence-electron chi connectivity index (χ4n) is 3.27. The lowest BCUT2D eigenvalue weighted by molar-refractivity contribution is 0.126. The Balaban J connectivity index is 1.66. The molecule has 0 bridgehead atoms. The molecule has 1 nitrogen and oxygen atoms in total. The number of benzene rings is 1. The van der Waals surface area contributed by atoms with Crippen LogP contribution in [0.5, 0.6) is 0 Å². The van der Waals surface area contributed by atoms with Crippen LogP contribution in [0.3, 0.4) is 0 Å². The van der Waals surface area contributed by atoms with Crippen LogP contribution >= 0.6 is 0 Å². The van der Waals surface area contributed by atoms with Crippen molar-refractivity contribution >= 4 is 0 Å². The van der Waals surface area contributed by atoms with Crippen LogP contribution in [0.2, 0.25) is 0 Å². The average molecular weight is 312 g/mol. The van der Waals surface area contributed by atoms with Gasteiger partial charge in [0.25, 0.3) is 0 Å². The van der Waals surface area contributed by atoms with Crippen molar-refractivity contribution in [3.8, 4) is 0 Å². The second-order valence-corrected chi connectivity index (χ2v) is 6.87. The molecule has 0 radical (unpaired) electrons. The lowest BCUT2D eigenvalue weighted by atomic mass is 9.85. The normalized spacial score (nSPS) is 23.3. The molecule has 0 amide bonds. The molecule has 1 aromatic carbocycles.